The Bertz CT molecular complexity index is 973. The third-order valence-electron chi connectivity index (χ3n) is 4.68. The van der Waals surface area contributed by atoms with E-state index in [2.05, 4.69) is 4.72 Å². The Kier molecular flexibility index (Phi) is 5.20. The zero-order valence-corrected chi connectivity index (χ0v) is 16.9. The molecule has 4 rings (SSSR count). The number of halogens is 1. The summed E-state index contributed by atoms with van der Waals surface area (Å²) in [5.74, 6) is 1.04. The summed E-state index contributed by atoms with van der Waals surface area (Å²) in [6.45, 7) is 0.796. The van der Waals surface area contributed by atoms with Gasteiger partial charge in [-0.3, -0.25) is 4.79 Å². The molecule has 2 aromatic carbocycles. The fourth-order valence-electron chi connectivity index (χ4n) is 3.01. The van der Waals surface area contributed by atoms with Crippen molar-refractivity contribution in [2.45, 2.75) is 29.2 Å². The number of sulfonamides is 1. The van der Waals surface area contributed by atoms with Crippen molar-refractivity contribution < 1.29 is 13.2 Å². The molecule has 1 N–H and O–H groups in total. The molecule has 0 saturated heterocycles. The van der Waals surface area contributed by atoms with E-state index in [-0.39, 0.29) is 23.3 Å². The highest BCUT2D eigenvalue weighted by Gasteiger charge is 2.36. The SMILES string of the molecule is O=C(C1CC1)N1CCSc2ccc(S(=O)(=O)NCc3ccc(Cl)cc3)cc21. The van der Waals surface area contributed by atoms with Gasteiger partial charge < -0.3 is 4.90 Å². The second kappa shape index (κ2) is 7.47. The number of carbonyl (C=O) groups is 1. The van der Waals surface area contributed by atoms with Gasteiger partial charge in [-0.15, -0.1) is 11.8 Å². The lowest BCUT2D eigenvalue weighted by Crippen LogP contribution is -2.36. The lowest BCUT2D eigenvalue weighted by atomic mass is 10.2. The predicted octanol–water partition coefficient (Wildman–Crippen LogP) is 3.67. The molecule has 1 fully saturated rings. The van der Waals surface area contributed by atoms with E-state index in [1.54, 1.807) is 59.1 Å². The molecule has 0 spiro atoms. The van der Waals surface area contributed by atoms with Gasteiger partial charge in [0.25, 0.3) is 0 Å². The minimum Gasteiger partial charge on any atom is -0.310 e. The van der Waals surface area contributed by atoms with Crippen LogP contribution in [0.3, 0.4) is 0 Å². The molecule has 0 atom stereocenters. The number of hydrogen-bond donors (Lipinski definition) is 1. The van der Waals surface area contributed by atoms with Gasteiger partial charge in [-0.2, -0.15) is 0 Å². The van der Waals surface area contributed by atoms with Crippen molar-refractivity contribution in [1.29, 1.82) is 0 Å². The molecular weight excluding hydrogens is 404 g/mol. The molecule has 142 valence electrons. The monoisotopic (exact) mass is 422 g/mol. The van der Waals surface area contributed by atoms with Crippen molar-refractivity contribution in [1.82, 2.24) is 4.72 Å². The van der Waals surface area contributed by atoms with Crippen molar-refractivity contribution in [3.63, 3.8) is 0 Å². The molecule has 27 heavy (non-hydrogen) atoms. The van der Waals surface area contributed by atoms with Crippen molar-refractivity contribution in [3.05, 3.63) is 53.1 Å². The molecule has 5 nitrogen and oxygen atoms in total. The standard InChI is InChI=1S/C19H19ClN2O3S2/c20-15-5-1-13(2-6-15)12-21-27(24,25)16-7-8-18-17(11-16)22(9-10-26-18)19(23)14-3-4-14/h1-2,5-8,11,14,21H,3-4,9-10,12H2. The average Bonchev–Trinajstić information content (AvgIpc) is 3.51. The summed E-state index contributed by atoms with van der Waals surface area (Å²) in [6.07, 6.45) is 1.86. The molecule has 0 radical (unpaired) electrons. The first-order valence-corrected chi connectivity index (χ1v) is 11.6. The number of hydrogen-bond acceptors (Lipinski definition) is 4. The normalized spacial score (nSPS) is 16.9. The van der Waals surface area contributed by atoms with E-state index < -0.39 is 10.0 Å². The summed E-state index contributed by atoms with van der Waals surface area (Å²) in [7, 11) is -3.69. The van der Waals surface area contributed by atoms with Crippen molar-refractivity contribution >= 4 is 45.0 Å². The molecule has 1 saturated carbocycles. The van der Waals surface area contributed by atoms with Gasteiger partial charge in [0.2, 0.25) is 15.9 Å². The first-order valence-electron chi connectivity index (χ1n) is 8.76. The minimum atomic E-state index is -3.69. The van der Waals surface area contributed by atoms with Crippen LogP contribution < -0.4 is 9.62 Å². The van der Waals surface area contributed by atoms with E-state index in [0.29, 0.717) is 17.3 Å². The van der Waals surface area contributed by atoms with Crippen molar-refractivity contribution in [2.24, 2.45) is 5.92 Å². The van der Waals surface area contributed by atoms with E-state index in [1.807, 2.05) is 0 Å². The Labute approximate surface area is 168 Å². The van der Waals surface area contributed by atoms with Crippen LogP contribution in [0.15, 0.2) is 52.3 Å². The maximum atomic E-state index is 12.7. The van der Waals surface area contributed by atoms with Gasteiger partial charge in [0.05, 0.1) is 10.6 Å². The predicted molar refractivity (Wildman–Crippen MR) is 108 cm³/mol. The molecule has 0 aromatic heterocycles. The molecule has 1 aliphatic heterocycles. The number of benzene rings is 2. The van der Waals surface area contributed by atoms with Gasteiger partial charge in [0.1, 0.15) is 0 Å². The third kappa shape index (κ3) is 4.16. The van der Waals surface area contributed by atoms with E-state index in [1.165, 1.54) is 0 Å². The Hall–Kier alpha value is -1.54. The molecule has 1 amide bonds. The first kappa shape index (κ1) is 18.8. The highest BCUT2D eigenvalue weighted by molar-refractivity contribution is 7.99. The fourth-order valence-corrected chi connectivity index (χ4v) is 5.15. The topological polar surface area (TPSA) is 66.5 Å². The number of rotatable bonds is 5. The quantitative estimate of drug-likeness (QED) is 0.798. The van der Waals surface area contributed by atoms with E-state index in [0.717, 1.165) is 29.1 Å². The van der Waals surface area contributed by atoms with Gasteiger partial charge in [0.15, 0.2) is 0 Å². The van der Waals surface area contributed by atoms with Gasteiger partial charge in [0, 0.05) is 34.7 Å². The molecule has 2 aliphatic rings. The summed E-state index contributed by atoms with van der Waals surface area (Å²) in [6, 6.07) is 12.0. The molecule has 0 bridgehead atoms. The molecule has 1 heterocycles. The Morgan fingerprint density at radius 2 is 1.93 bits per heavy atom. The zero-order valence-electron chi connectivity index (χ0n) is 14.5. The minimum absolute atomic E-state index is 0.101. The van der Waals surface area contributed by atoms with Crippen LogP contribution in [0.1, 0.15) is 18.4 Å². The Morgan fingerprint density at radius 1 is 1.19 bits per heavy atom. The number of anilines is 1. The number of carbonyl (C=O) groups excluding carboxylic acids is 1. The molecule has 8 heteroatoms. The second-order valence-electron chi connectivity index (χ2n) is 6.69. The first-order chi connectivity index (χ1) is 12.9. The molecule has 2 aromatic rings. The molecule has 1 aliphatic carbocycles. The van der Waals surface area contributed by atoms with Crippen LogP contribution in [0, 0.1) is 5.92 Å². The smallest absolute Gasteiger partial charge is 0.240 e. The number of amides is 1. The maximum absolute atomic E-state index is 12.7. The van der Waals surface area contributed by atoms with Gasteiger partial charge >= 0.3 is 0 Å². The average molecular weight is 423 g/mol. The van der Waals surface area contributed by atoms with Crippen LogP contribution in [-0.4, -0.2) is 26.6 Å². The highest BCUT2D eigenvalue weighted by atomic mass is 35.5. The number of nitrogens with one attached hydrogen (secondary N) is 1. The lowest BCUT2D eigenvalue weighted by molar-refractivity contribution is -0.119. The summed E-state index contributed by atoms with van der Waals surface area (Å²) in [5, 5.41) is 0.606. The van der Waals surface area contributed by atoms with Crippen LogP contribution >= 0.6 is 23.4 Å². The van der Waals surface area contributed by atoms with E-state index >= 15 is 0 Å². The van der Waals surface area contributed by atoms with E-state index in [4.69, 9.17) is 11.6 Å². The van der Waals surface area contributed by atoms with E-state index in [9.17, 15) is 13.2 Å². The molecular formula is C19H19ClN2O3S2. The summed E-state index contributed by atoms with van der Waals surface area (Å²) in [4.78, 5) is 15.4. The van der Waals surface area contributed by atoms with Crippen LogP contribution in [0.2, 0.25) is 5.02 Å². The zero-order chi connectivity index (χ0) is 19.0. The fraction of sp³-hybridized carbons (Fsp3) is 0.316. The Balaban J connectivity index is 1.56. The van der Waals surface area contributed by atoms with Crippen LogP contribution in [-0.2, 0) is 21.4 Å². The van der Waals surface area contributed by atoms with Gasteiger partial charge in [-0.25, -0.2) is 13.1 Å². The van der Waals surface area contributed by atoms with Crippen molar-refractivity contribution in [3.8, 4) is 0 Å². The van der Waals surface area contributed by atoms with Crippen LogP contribution in [0.4, 0.5) is 5.69 Å². The highest BCUT2D eigenvalue weighted by Crippen LogP contribution is 2.40. The summed E-state index contributed by atoms with van der Waals surface area (Å²) in [5.41, 5.74) is 1.53. The number of thioether (sulfide) groups is 1. The Morgan fingerprint density at radius 3 is 2.63 bits per heavy atom. The third-order valence-corrected chi connectivity index (χ3v) is 7.37. The van der Waals surface area contributed by atoms with Crippen LogP contribution in [0.25, 0.3) is 0 Å². The van der Waals surface area contributed by atoms with Gasteiger partial charge in [-0.05, 0) is 48.7 Å². The summed E-state index contributed by atoms with van der Waals surface area (Å²) >= 11 is 7.51. The second-order valence-corrected chi connectivity index (χ2v) is 10.0. The van der Waals surface area contributed by atoms with Gasteiger partial charge in [-0.1, -0.05) is 23.7 Å². The largest absolute Gasteiger partial charge is 0.310 e. The number of fused-ring (bicyclic) bond motifs is 1. The lowest BCUT2D eigenvalue weighted by Gasteiger charge is -2.29. The summed E-state index contributed by atoms with van der Waals surface area (Å²) < 4.78 is 28.1. The maximum Gasteiger partial charge on any atom is 0.240 e. The van der Waals surface area contributed by atoms with Crippen LogP contribution in [0.5, 0.6) is 0 Å². The van der Waals surface area contributed by atoms with Crippen molar-refractivity contribution in [2.75, 3.05) is 17.2 Å². The molecule has 0 unspecified atom stereocenters. The number of nitrogens with zero attached hydrogens (tertiary/aromatic N) is 1.